The average molecular weight is 1380 g/mol. The molecule has 1 aliphatic carbocycles. The predicted octanol–water partition coefficient (Wildman–Crippen LogP) is 28.3. The summed E-state index contributed by atoms with van der Waals surface area (Å²) in [5.41, 5.74) is 26.9. The number of aryl methyl sites for hydroxylation is 1. The summed E-state index contributed by atoms with van der Waals surface area (Å²) < 4.78 is 15.8. The van der Waals surface area contributed by atoms with Crippen LogP contribution in [0.15, 0.2) is 385 Å². The lowest BCUT2D eigenvalue weighted by molar-refractivity contribution is 0.670. The number of furan rings is 2. The van der Waals surface area contributed by atoms with Crippen LogP contribution in [0.3, 0.4) is 0 Å². The van der Waals surface area contributed by atoms with Gasteiger partial charge < -0.3 is 23.5 Å². The number of allylic oxidation sites excluding steroid dienone is 4. The first kappa shape index (κ1) is 61.5. The zero-order valence-electron chi connectivity index (χ0n) is 59.2. The number of hydrogen-bond acceptors (Lipinski definition) is 5. The van der Waals surface area contributed by atoms with Crippen LogP contribution >= 0.6 is 0 Å². The van der Waals surface area contributed by atoms with Crippen molar-refractivity contribution in [2.75, 3.05) is 14.7 Å². The summed E-state index contributed by atoms with van der Waals surface area (Å²) in [6.45, 7) is 2.89. The van der Waals surface area contributed by atoms with E-state index < -0.39 is 0 Å². The molecule has 0 fully saturated rings. The first-order valence-electron chi connectivity index (χ1n) is 37.3. The van der Waals surface area contributed by atoms with E-state index in [0.29, 0.717) is 6.54 Å². The first-order chi connectivity index (χ1) is 53.5. The maximum Gasteiger partial charge on any atom is 0.146 e. The summed E-state index contributed by atoms with van der Waals surface area (Å²) in [7, 11) is 0. The zero-order chi connectivity index (χ0) is 71.1. The summed E-state index contributed by atoms with van der Waals surface area (Å²) in [6, 6.07) is 123. The molecular formula is C103H67N3O2. The first-order valence-corrected chi connectivity index (χ1v) is 37.3. The molecule has 5 heteroatoms. The van der Waals surface area contributed by atoms with Crippen molar-refractivity contribution in [1.29, 1.82) is 0 Å². The second-order valence-corrected chi connectivity index (χ2v) is 29.0. The Morgan fingerprint density at radius 1 is 0.343 bits per heavy atom. The van der Waals surface area contributed by atoms with Gasteiger partial charge in [0.15, 0.2) is 0 Å². The van der Waals surface area contributed by atoms with Gasteiger partial charge in [0.05, 0.1) is 28.5 Å². The fourth-order valence-corrected chi connectivity index (χ4v) is 18.0. The molecule has 506 valence electrons. The highest BCUT2D eigenvalue weighted by Gasteiger charge is 2.34. The molecule has 1 atom stereocenters. The van der Waals surface area contributed by atoms with Gasteiger partial charge >= 0.3 is 0 Å². The van der Waals surface area contributed by atoms with E-state index in [9.17, 15) is 0 Å². The number of fused-ring (bicyclic) bond motifs is 18. The second kappa shape index (κ2) is 24.6. The molecule has 0 saturated heterocycles. The Bertz CT molecular complexity index is 7100. The number of para-hydroxylation sites is 2. The van der Waals surface area contributed by atoms with Gasteiger partial charge in [0.1, 0.15) is 22.3 Å². The van der Waals surface area contributed by atoms with Crippen molar-refractivity contribution in [3.8, 4) is 55.6 Å². The second-order valence-electron chi connectivity index (χ2n) is 29.0. The van der Waals surface area contributed by atoms with Gasteiger partial charge in [-0.15, -0.1) is 0 Å². The molecule has 0 radical (unpaired) electrons. The Hall–Kier alpha value is -14.0. The van der Waals surface area contributed by atoms with Gasteiger partial charge in [-0.05, 0) is 185 Å². The topological polar surface area (TPSA) is 36.0 Å². The van der Waals surface area contributed by atoms with Gasteiger partial charge in [0.2, 0.25) is 0 Å². The van der Waals surface area contributed by atoms with E-state index >= 15 is 0 Å². The van der Waals surface area contributed by atoms with Crippen molar-refractivity contribution < 1.29 is 8.83 Å². The van der Waals surface area contributed by atoms with Crippen molar-refractivity contribution in [2.45, 2.75) is 19.5 Å². The van der Waals surface area contributed by atoms with Crippen molar-refractivity contribution in [1.82, 2.24) is 0 Å². The van der Waals surface area contributed by atoms with Crippen molar-refractivity contribution in [3.05, 3.63) is 392 Å². The van der Waals surface area contributed by atoms with Crippen LogP contribution in [0.2, 0.25) is 0 Å². The molecule has 0 spiro atoms. The highest BCUT2D eigenvalue weighted by atomic mass is 16.3. The van der Waals surface area contributed by atoms with Crippen molar-refractivity contribution in [2.24, 2.45) is 0 Å². The number of rotatable bonds is 10. The van der Waals surface area contributed by atoms with Gasteiger partial charge in [-0.25, -0.2) is 0 Å². The monoisotopic (exact) mass is 1380 g/mol. The van der Waals surface area contributed by atoms with E-state index in [4.69, 9.17) is 8.83 Å². The minimum absolute atomic E-state index is 0.194. The molecule has 108 heavy (non-hydrogen) atoms. The smallest absolute Gasteiger partial charge is 0.146 e. The van der Waals surface area contributed by atoms with Crippen molar-refractivity contribution >= 4 is 137 Å². The van der Waals surface area contributed by atoms with Crippen LogP contribution in [0, 0.1) is 6.92 Å². The lowest BCUT2D eigenvalue weighted by Crippen LogP contribution is -2.34. The lowest BCUT2D eigenvalue weighted by Gasteiger charge is -2.37. The maximum absolute atomic E-state index is 8.18. The lowest BCUT2D eigenvalue weighted by atomic mass is 9.84. The van der Waals surface area contributed by atoms with E-state index in [1.54, 1.807) is 0 Å². The molecule has 0 N–H and O–H groups in total. The minimum Gasteiger partial charge on any atom is -0.455 e. The fraction of sp³-hybridized carbons (Fsp3) is 0.0291. The quantitative estimate of drug-likeness (QED) is 0.101. The van der Waals surface area contributed by atoms with Gasteiger partial charge in [-0.1, -0.05) is 285 Å². The molecule has 5 nitrogen and oxygen atoms in total. The number of hydrogen-bond donors (Lipinski definition) is 0. The molecule has 0 bridgehead atoms. The van der Waals surface area contributed by atoms with E-state index in [1.807, 2.05) is 0 Å². The van der Waals surface area contributed by atoms with E-state index in [0.717, 1.165) is 154 Å². The third kappa shape index (κ3) is 9.79. The Kier molecular flexibility index (Phi) is 14.0. The number of nitrogens with zero attached hydrogens (tertiary/aromatic N) is 3. The van der Waals surface area contributed by atoms with Crippen LogP contribution in [0.5, 0.6) is 0 Å². The van der Waals surface area contributed by atoms with Gasteiger partial charge in [0, 0.05) is 84.7 Å². The summed E-state index contributed by atoms with van der Waals surface area (Å²) in [4.78, 5) is 7.55. The molecule has 3 aliphatic rings. The highest BCUT2D eigenvalue weighted by Crippen LogP contribution is 2.57. The maximum atomic E-state index is 8.18. The largest absolute Gasteiger partial charge is 0.455 e. The molecule has 2 aromatic heterocycles. The number of benzene rings is 17. The van der Waals surface area contributed by atoms with Gasteiger partial charge in [-0.3, -0.25) is 0 Å². The summed E-state index contributed by atoms with van der Waals surface area (Å²) in [5.74, 6) is 0. The molecule has 0 amide bonds. The molecule has 17 aromatic carbocycles. The molecule has 2 aliphatic heterocycles. The van der Waals surface area contributed by atoms with E-state index in [1.165, 1.54) is 60.9 Å². The van der Waals surface area contributed by atoms with E-state index in [2.05, 4.69) is 392 Å². The standard InChI is InChI=1S/C103H67N3O2/c1-64-45-51-81-76(54-64)63-105(91-42-19-18-37-84(81)91)77-50-52-86-95(61-77)107-103-97-75(60-94(99(86)103)106(92-44-20-34-74-56-69-32-14-15-33-70(69)58-88(74)92)78-49-48-72-55-71(46-47-73(72)57-78)65-24-6-2-7-25-65)59-93(104-53-23-41-85-80(38-22-43-90(85)104)67-28-10-4-11-29-67)98-89(83-36-17-16-35-79(83)66-26-8-3-9-27-66)62-96-100(101(97)98)87-40-21-39-82(102(87)108-96)68-30-12-5-13-31-68/h2-62,90H,63H2,1H3. The molecule has 19 aromatic rings. The van der Waals surface area contributed by atoms with Gasteiger partial charge in [-0.2, -0.15) is 0 Å². The Labute approximate surface area is 624 Å². The van der Waals surface area contributed by atoms with Crippen LogP contribution in [0.25, 0.3) is 159 Å². The molecule has 4 heterocycles. The Morgan fingerprint density at radius 2 is 1.01 bits per heavy atom. The fourth-order valence-electron chi connectivity index (χ4n) is 18.0. The zero-order valence-corrected chi connectivity index (χ0v) is 59.2. The molecule has 1 unspecified atom stereocenters. The summed E-state index contributed by atoms with van der Waals surface area (Å²) in [6.07, 6.45) is 13.8. The molecular weight excluding hydrogens is 1310 g/mol. The van der Waals surface area contributed by atoms with Crippen LogP contribution < -0.4 is 14.7 Å². The number of anilines is 6. The normalized spacial score (nSPS) is 14.0. The Balaban J connectivity index is 0.912. The third-order valence-corrected chi connectivity index (χ3v) is 22.9. The molecule has 22 rings (SSSR count). The third-order valence-electron chi connectivity index (χ3n) is 22.9. The minimum atomic E-state index is -0.194. The van der Waals surface area contributed by atoms with Crippen LogP contribution in [-0.2, 0) is 6.54 Å². The summed E-state index contributed by atoms with van der Waals surface area (Å²) in [5, 5.41) is 15.1. The van der Waals surface area contributed by atoms with Crippen molar-refractivity contribution in [3.63, 3.8) is 0 Å². The molecule has 0 saturated carbocycles. The average Bonchev–Trinajstić information content (AvgIpc) is 1.42. The van der Waals surface area contributed by atoms with Crippen LogP contribution in [0.4, 0.5) is 34.1 Å². The highest BCUT2D eigenvalue weighted by molar-refractivity contribution is 6.39. The SMILES string of the molecule is Cc1ccc2c(c1)CN(c1ccc3c(c1)oc1c3c(N(c3ccc4cc(-c5ccccc5)ccc4c3)c3cccc4cc5ccccc5cc34)cc3cc(N4C=CC=C5C(c6ccccc6)=CC=CC54)c4c(-c5ccccc5-c5ccccc5)cc5oc6c(-c7ccccc7)cccc6c5c4c31)c1ccccc1-2. The van der Waals surface area contributed by atoms with Gasteiger partial charge in [0.25, 0.3) is 0 Å². The summed E-state index contributed by atoms with van der Waals surface area (Å²) >= 11 is 0. The van der Waals surface area contributed by atoms with E-state index in [-0.39, 0.29) is 6.04 Å². The van der Waals surface area contributed by atoms with Crippen LogP contribution in [0.1, 0.15) is 16.7 Å². The Morgan fingerprint density at radius 3 is 1.82 bits per heavy atom. The predicted molar refractivity (Wildman–Crippen MR) is 454 cm³/mol. The van der Waals surface area contributed by atoms with Crippen LogP contribution in [-0.4, -0.2) is 6.04 Å².